The summed E-state index contributed by atoms with van der Waals surface area (Å²) < 4.78 is 10.7. The number of nitrogens with zero attached hydrogens (tertiary/aromatic N) is 2. The molecule has 24 heavy (non-hydrogen) atoms. The molecule has 6 nitrogen and oxygen atoms in total. The molecule has 0 fully saturated rings. The van der Waals surface area contributed by atoms with Crippen LogP contribution in [-0.4, -0.2) is 30.3 Å². The third kappa shape index (κ3) is 2.99. The number of ether oxygens (including phenoxy) is 2. The number of methoxy groups -OCH3 is 2. The van der Waals surface area contributed by atoms with E-state index in [4.69, 9.17) is 9.47 Å². The van der Waals surface area contributed by atoms with Gasteiger partial charge in [-0.05, 0) is 23.8 Å². The number of aromatic nitrogens is 2. The van der Waals surface area contributed by atoms with Crippen molar-refractivity contribution in [3.05, 3.63) is 42.6 Å². The lowest BCUT2D eigenvalue weighted by Crippen LogP contribution is -2.05. The van der Waals surface area contributed by atoms with Crippen LogP contribution in [0, 0.1) is 0 Å². The van der Waals surface area contributed by atoms with Crippen LogP contribution in [0.1, 0.15) is 6.92 Å². The van der Waals surface area contributed by atoms with Gasteiger partial charge in [-0.2, -0.15) is 10.2 Å². The molecule has 0 atom stereocenters. The van der Waals surface area contributed by atoms with Gasteiger partial charge in [-0.25, -0.2) is 0 Å². The van der Waals surface area contributed by atoms with Crippen LogP contribution in [-0.2, 0) is 4.79 Å². The maximum absolute atomic E-state index is 11.3. The van der Waals surface area contributed by atoms with Crippen LogP contribution in [0.15, 0.2) is 42.6 Å². The van der Waals surface area contributed by atoms with E-state index in [0.29, 0.717) is 17.0 Å². The number of carbonyl (C=O) groups excluding carboxylic acids is 1. The number of amides is 1. The summed E-state index contributed by atoms with van der Waals surface area (Å²) in [5, 5.41) is 11.9. The third-order valence-corrected chi connectivity index (χ3v) is 3.64. The Kier molecular flexibility index (Phi) is 4.29. The average molecular weight is 323 g/mol. The molecule has 6 heteroatoms. The smallest absolute Gasteiger partial charge is 0.221 e. The summed E-state index contributed by atoms with van der Waals surface area (Å²) in [6, 6.07) is 11.2. The predicted molar refractivity (Wildman–Crippen MR) is 92.4 cm³/mol. The van der Waals surface area contributed by atoms with Gasteiger partial charge in [0.05, 0.1) is 25.9 Å². The molecule has 0 unspecified atom stereocenters. The van der Waals surface area contributed by atoms with Gasteiger partial charge in [0.25, 0.3) is 0 Å². The first-order chi connectivity index (χ1) is 11.6. The topological polar surface area (TPSA) is 73.3 Å². The van der Waals surface area contributed by atoms with Crippen molar-refractivity contribution >= 4 is 22.5 Å². The van der Waals surface area contributed by atoms with E-state index in [0.717, 1.165) is 22.2 Å². The highest BCUT2D eigenvalue weighted by atomic mass is 16.5. The summed E-state index contributed by atoms with van der Waals surface area (Å²) in [5.74, 6) is 1.11. The Morgan fingerprint density at radius 3 is 2.54 bits per heavy atom. The van der Waals surface area contributed by atoms with E-state index in [1.54, 1.807) is 26.5 Å². The predicted octanol–water partition coefficient (Wildman–Crippen LogP) is 3.27. The van der Waals surface area contributed by atoms with E-state index in [1.807, 2.05) is 30.3 Å². The number of fused-ring (bicyclic) bond motifs is 1. The lowest BCUT2D eigenvalue weighted by atomic mass is 10.0. The molecule has 0 aliphatic heterocycles. The summed E-state index contributed by atoms with van der Waals surface area (Å²) in [6.45, 7) is 1.48. The first kappa shape index (κ1) is 15.7. The van der Waals surface area contributed by atoms with Gasteiger partial charge >= 0.3 is 0 Å². The van der Waals surface area contributed by atoms with Crippen LogP contribution in [0.2, 0.25) is 0 Å². The van der Waals surface area contributed by atoms with Crippen LogP contribution >= 0.6 is 0 Å². The van der Waals surface area contributed by atoms with Crippen LogP contribution in [0.5, 0.6) is 11.5 Å². The number of nitrogens with one attached hydrogen (secondary N) is 1. The molecule has 0 radical (unpaired) electrons. The highest BCUT2D eigenvalue weighted by Gasteiger charge is 2.12. The third-order valence-electron chi connectivity index (χ3n) is 3.64. The Morgan fingerprint density at radius 1 is 1.08 bits per heavy atom. The lowest BCUT2D eigenvalue weighted by Gasteiger charge is -2.12. The molecule has 0 spiro atoms. The van der Waals surface area contributed by atoms with Crippen molar-refractivity contribution in [2.75, 3.05) is 19.5 Å². The van der Waals surface area contributed by atoms with E-state index in [-0.39, 0.29) is 5.91 Å². The van der Waals surface area contributed by atoms with Gasteiger partial charge in [-0.1, -0.05) is 12.1 Å². The van der Waals surface area contributed by atoms with Gasteiger partial charge in [-0.15, -0.1) is 0 Å². The second-order valence-electron chi connectivity index (χ2n) is 5.24. The van der Waals surface area contributed by atoms with E-state index >= 15 is 0 Å². The molecule has 0 bridgehead atoms. The van der Waals surface area contributed by atoms with Crippen molar-refractivity contribution in [1.29, 1.82) is 0 Å². The molecule has 1 N–H and O–H groups in total. The van der Waals surface area contributed by atoms with Gasteiger partial charge in [0.2, 0.25) is 5.91 Å². The highest BCUT2D eigenvalue weighted by molar-refractivity contribution is 5.97. The summed E-state index contributed by atoms with van der Waals surface area (Å²) in [5.41, 5.74) is 3.25. The monoisotopic (exact) mass is 323 g/mol. The highest BCUT2D eigenvalue weighted by Crippen LogP contribution is 2.36. The second-order valence-corrected chi connectivity index (χ2v) is 5.24. The molecular weight excluding hydrogens is 306 g/mol. The maximum Gasteiger partial charge on any atom is 0.221 e. The van der Waals surface area contributed by atoms with E-state index in [1.165, 1.54) is 6.92 Å². The number of carbonyl (C=O) groups is 1. The molecule has 3 rings (SSSR count). The molecule has 1 amide bonds. The molecule has 122 valence electrons. The fraction of sp³-hybridized carbons (Fsp3) is 0.167. The van der Waals surface area contributed by atoms with Gasteiger partial charge < -0.3 is 14.8 Å². The van der Waals surface area contributed by atoms with Crippen LogP contribution < -0.4 is 14.8 Å². The van der Waals surface area contributed by atoms with Crippen molar-refractivity contribution in [3.63, 3.8) is 0 Å². The van der Waals surface area contributed by atoms with Gasteiger partial charge in [0.1, 0.15) is 0 Å². The van der Waals surface area contributed by atoms with Crippen molar-refractivity contribution in [2.24, 2.45) is 0 Å². The molecule has 2 aromatic carbocycles. The van der Waals surface area contributed by atoms with Crippen molar-refractivity contribution in [3.8, 4) is 22.6 Å². The summed E-state index contributed by atoms with van der Waals surface area (Å²) >= 11 is 0. The Bertz CT molecular complexity index is 909. The van der Waals surface area contributed by atoms with Crippen molar-refractivity contribution in [2.45, 2.75) is 6.92 Å². The Morgan fingerprint density at radius 2 is 1.83 bits per heavy atom. The molecule has 1 aromatic heterocycles. The Balaban J connectivity index is 2.17. The summed E-state index contributed by atoms with van der Waals surface area (Å²) in [4.78, 5) is 11.3. The van der Waals surface area contributed by atoms with Gasteiger partial charge in [0.15, 0.2) is 11.5 Å². The van der Waals surface area contributed by atoms with Crippen molar-refractivity contribution in [1.82, 2.24) is 10.2 Å². The summed E-state index contributed by atoms with van der Waals surface area (Å²) in [7, 11) is 3.17. The minimum Gasteiger partial charge on any atom is -0.493 e. The van der Waals surface area contributed by atoms with Crippen molar-refractivity contribution < 1.29 is 14.3 Å². The van der Waals surface area contributed by atoms with E-state index < -0.39 is 0 Å². The molecule has 3 aromatic rings. The molecule has 0 saturated carbocycles. The second kappa shape index (κ2) is 6.54. The summed E-state index contributed by atoms with van der Waals surface area (Å²) in [6.07, 6.45) is 1.70. The Labute approximate surface area is 139 Å². The number of hydrogen-bond acceptors (Lipinski definition) is 5. The van der Waals surface area contributed by atoms with Crippen LogP contribution in [0.4, 0.5) is 5.69 Å². The van der Waals surface area contributed by atoms with Crippen LogP contribution in [0.25, 0.3) is 22.0 Å². The zero-order chi connectivity index (χ0) is 17.1. The SMILES string of the molecule is COc1cc2nncc(-c3cccc(NC(C)=O)c3)c2cc1OC. The van der Waals surface area contributed by atoms with E-state index in [2.05, 4.69) is 15.5 Å². The minimum absolute atomic E-state index is 0.115. The lowest BCUT2D eigenvalue weighted by molar-refractivity contribution is -0.114. The van der Waals surface area contributed by atoms with Crippen LogP contribution in [0.3, 0.4) is 0 Å². The zero-order valence-corrected chi connectivity index (χ0v) is 13.7. The van der Waals surface area contributed by atoms with Gasteiger partial charge in [-0.3, -0.25) is 4.79 Å². The Hall–Kier alpha value is -3.15. The number of anilines is 1. The standard InChI is InChI=1S/C18H17N3O3/c1-11(22)20-13-6-4-5-12(7-13)15-10-19-21-16-9-18(24-3)17(23-2)8-14(15)16/h4-10H,1-3H3,(H,20,22). The first-order valence-corrected chi connectivity index (χ1v) is 7.38. The average Bonchev–Trinajstić information content (AvgIpc) is 2.59. The molecule has 0 aliphatic carbocycles. The quantitative estimate of drug-likeness (QED) is 0.797. The number of rotatable bonds is 4. The fourth-order valence-electron chi connectivity index (χ4n) is 2.58. The molecule has 1 heterocycles. The fourth-order valence-corrected chi connectivity index (χ4v) is 2.58. The first-order valence-electron chi connectivity index (χ1n) is 7.38. The number of hydrogen-bond donors (Lipinski definition) is 1. The van der Waals surface area contributed by atoms with E-state index in [9.17, 15) is 4.79 Å². The maximum atomic E-state index is 11.3. The molecule has 0 aliphatic rings. The largest absolute Gasteiger partial charge is 0.493 e. The molecular formula is C18H17N3O3. The zero-order valence-electron chi connectivity index (χ0n) is 13.7. The normalized spacial score (nSPS) is 10.5. The number of benzene rings is 2. The molecule has 0 saturated heterocycles. The minimum atomic E-state index is -0.115. The van der Waals surface area contributed by atoms with Gasteiger partial charge in [0, 0.05) is 29.6 Å².